The lowest BCUT2D eigenvalue weighted by Crippen LogP contribution is -2.37. The average molecular weight is 142 g/mol. The van der Waals surface area contributed by atoms with Crippen LogP contribution in [0.15, 0.2) is 0 Å². The topological polar surface area (TPSA) is 20.2 Å². The van der Waals surface area contributed by atoms with Crippen LogP contribution in [0.4, 0.5) is 0 Å². The Balaban J connectivity index is 3.76. The molecule has 0 aliphatic heterocycles. The molecule has 1 unspecified atom stereocenters. The minimum atomic E-state index is -1.37. The fourth-order valence-electron chi connectivity index (χ4n) is 0.418. The Morgan fingerprint density at radius 1 is 1.56 bits per heavy atom. The molecule has 0 aliphatic carbocycles. The monoisotopic (exact) mass is 142 g/mol. The zero-order valence-corrected chi connectivity index (χ0v) is 7.31. The quantitative estimate of drug-likeness (QED) is 0.454. The van der Waals surface area contributed by atoms with Gasteiger partial charge in [-0.3, -0.25) is 0 Å². The van der Waals surface area contributed by atoms with E-state index in [4.69, 9.17) is 6.42 Å². The standard InChI is InChI=1S/C7H14OSi/c1-5-6-7(8)9(2,3)4/h1,7-8H,6H2,2-4H3. The Morgan fingerprint density at radius 2 is 2.00 bits per heavy atom. The fraction of sp³-hybridized carbons (Fsp3) is 0.714. The summed E-state index contributed by atoms with van der Waals surface area (Å²) in [5.74, 6) is 2.46. The molecule has 1 N–H and O–H groups in total. The van der Waals surface area contributed by atoms with Gasteiger partial charge in [-0.05, 0) is 0 Å². The molecule has 2 heteroatoms. The van der Waals surface area contributed by atoms with Crippen molar-refractivity contribution in [2.24, 2.45) is 0 Å². The van der Waals surface area contributed by atoms with Crippen LogP contribution in [0, 0.1) is 12.3 Å². The molecule has 0 rings (SSSR count). The van der Waals surface area contributed by atoms with E-state index in [-0.39, 0.29) is 5.73 Å². The van der Waals surface area contributed by atoms with Crippen LogP contribution in [0.5, 0.6) is 0 Å². The molecule has 0 heterocycles. The van der Waals surface area contributed by atoms with Crippen LogP contribution in [-0.4, -0.2) is 18.9 Å². The van der Waals surface area contributed by atoms with E-state index >= 15 is 0 Å². The summed E-state index contributed by atoms with van der Waals surface area (Å²) < 4.78 is 0. The molecule has 0 aromatic carbocycles. The van der Waals surface area contributed by atoms with Crippen molar-refractivity contribution in [1.29, 1.82) is 0 Å². The van der Waals surface area contributed by atoms with E-state index in [1.165, 1.54) is 0 Å². The Labute approximate surface area is 58.1 Å². The van der Waals surface area contributed by atoms with Gasteiger partial charge in [0.2, 0.25) is 0 Å². The molecule has 52 valence electrons. The Hall–Kier alpha value is -0.263. The van der Waals surface area contributed by atoms with Gasteiger partial charge in [-0.1, -0.05) is 19.6 Å². The Bertz CT molecular complexity index is 118. The third-order valence-electron chi connectivity index (χ3n) is 1.31. The predicted molar refractivity (Wildman–Crippen MR) is 42.8 cm³/mol. The number of terminal acetylenes is 1. The maximum Gasteiger partial charge on any atom is 0.0794 e. The summed E-state index contributed by atoms with van der Waals surface area (Å²) >= 11 is 0. The molecule has 0 aromatic heterocycles. The summed E-state index contributed by atoms with van der Waals surface area (Å²) in [7, 11) is -1.37. The van der Waals surface area contributed by atoms with Gasteiger partial charge >= 0.3 is 0 Å². The second-order valence-electron chi connectivity index (χ2n) is 3.29. The zero-order valence-electron chi connectivity index (χ0n) is 6.31. The summed E-state index contributed by atoms with van der Waals surface area (Å²) in [4.78, 5) is 0. The normalized spacial score (nSPS) is 14.6. The van der Waals surface area contributed by atoms with Gasteiger partial charge in [0, 0.05) is 6.42 Å². The van der Waals surface area contributed by atoms with Gasteiger partial charge in [0.05, 0.1) is 13.8 Å². The zero-order chi connectivity index (χ0) is 7.49. The highest BCUT2D eigenvalue weighted by molar-refractivity contribution is 6.77. The molecule has 9 heavy (non-hydrogen) atoms. The summed E-state index contributed by atoms with van der Waals surface area (Å²) in [5, 5.41) is 9.30. The highest BCUT2D eigenvalue weighted by Gasteiger charge is 2.22. The fourth-order valence-corrected chi connectivity index (χ4v) is 1.15. The van der Waals surface area contributed by atoms with Crippen molar-refractivity contribution in [1.82, 2.24) is 0 Å². The van der Waals surface area contributed by atoms with Gasteiger partial charge < -0.3 is 5.11 Å². The lowest BCUT2D eigenvalue weighted by atomic mass is 10.5. The van der Waals surface area contributed by atoms with Crippen LogP contribution >= 0.6 is 0 Å². The maximum absolute atomic E-state index is 9.30. The summed E-state index contributed by atoms with van der Waals surface area (Å²) in [6, 6.07) is 0. The number of hydrogen-bond acceptors (Lipinski definition) is 1. The van der Waals surface area contributed by atoms with Crippen molar-refractivity contribution in [3.05, 3.63) is 0 Å². The van der Waals surface area contributed by atoms with Gasteiger partial charge in [-0.2, -0.15) is 0 Å². The second-order valence-corrected chi connectivity index (χ2v) is 8.69. The molecular formula is C7H14OSi. The summed E-state index contributed by atoms with van der Waals surface area (Å²) in [6.45, 7) is 6.32. The largest absolute Gasteiger partial charge is 0.396 e. The number of aliphatic hydroxyl groups is 1. The van der Waals surface area contributed by atoms with Crippen LogP contribution in [0.2, 0.25) is 19.6 Å². The first kappa shape index (κ1) is 8.74. The van der Waals surface area contributed by atoms with Gasteiger partial charge in [-0.25, -0.2) is 0 Å². The number of rotatable bonds is 2. The highest BCUT2D eigenvalue weighted by Crippen LogP contribution is 2.09. The van der Waals surface area contributed by atoms with Crippen molar-refractivity contribution in [3.8, 4) is 12.3 Å². The molecule has 0 radical (unpaired) electrons. The second kappa shape index (κ2) is 3.05. The van der Waals surface area contributed by atoms with E-state index in [1.54, 1.807) is 0 Å². The molecule has 1 nitrogen and oxygen atoms in total. The van der Waals surface area contributed by atoms with E-state index in [0.29, 0.717) is 6.42 Å². The highest BCUT2D eigenvalue weighted by atomic mass is 28.3. The molecule has 1 atom stereocenters. The number of hydrogen-bond donors (Lipinski definition) is 1. The minimum absolute atomic E-state index is 0.234. The molecule has 0 bridgehead atoms. The van der Waals surface area contributed by atoms with Crippen molar-refractivity contribution >= 4 is 8.07 Å². The van der Waals surface area contributed by atoms with E-state index < -0.39 is 8.07 Å². The van der Waals surface area contributed by atoms with Crippen LogP contribution < -0.4 is 0 Å². The van der Waals surface area contributed by atoms with Crippen molar-refractivity contribution < 1.29 is 5.11 Å². The van der Waals surface area contributed by atoms with Gasteiger partial charge in [0.25, 0.3) is 0 Å². The van der Waals surface area contributed by atoms with Crippen LogP contribution in [0.25, 0.3) is 0 Å². The first-order chi connectivity index (χ1) is 3.98. The van der Waals surface area contributed by atoms with Crippen molar-refractivity contribution in [2.75, 3.05) is 0 Å². The first-order valence-corrected chi connectivity index (χ1v) is 6.67. The third-order valence-corrected chi connectivity index (χ3v) is 3.51. The third kappa shape index (κ3) is 3.34. The predicted octanol–water partition coefficient (Wildman–Crippen LogP) is 1.25. The van der Waals surface area contributed by atoms with Crippen molar-refractivity contribution in [3.63, 3.8) is 0 Å². The molecular weight excluding hydrogens is 128 g/mol. The maximum atomic E-state index is 9.30. The lowest BCUT2D eigenvalue weighted by Gasteiger charge is -2.21. The first-order valence-electron chi connectivity index (χ1n) is 3.10. The van der Waals surface area contributed by atoms with E-state index in [1.807, 2.05) is 0 Å². The van der Waals surface area contributed by atoms with Gasteiger partial charge in [-0.15, -0.1) is 12.3 Å². The van der Waals surface area contributed by atoms with Crippen molar-refractivity contribution in [2.45, 2.75) is 31.8 Å². The molecule has 0 saturated heterocycles. The average Bonchev–Trinajstić information content (AvgIpc) is 1.64. The van der Waals surface area contributed by atoms with E-state index in [9.17, 15) is 5.11 Å². The minimum Gasteiger partial charge on any atom is -0.396 e. The summed E-state index contributed by atoms with van der Waals surface area (Å²) in [6.07, 6.45) is 5.55. The van der Waals surface area contributed by atoms with Crippen LogP contribution in [0.3, 0.4) is 0 Å². The van der Waals surface area contributed by atoms with E-state index in [0.717, 1.165) is 0 Å². The molecule has 0 fully saturated rings. The molecule has 0 amide bonds. The Kier molecular flexibility index (Phi) is 2.96. The molecule has 0 spiro atoms. The molecule has 0 aromatic rings. The molecule has 0 aliphatic rings. The SMILES string of the molecule is C#CCC(O)[Si](C)(C)C. The molecule has 0 saturated carbocycles. The van der Waals surface area contributed by atoms with Gasteiger partial charge in [0.1, 0.15) is 0 Å². The van der Waals surface area contributed by atoms with E-state index in [2.05, 4.69) is 25.6 Å². The van der Waals surface area contributed by atoms with Gasteiger partial charge in [0.15, 0.2) is 0 Å². The smallest absolute Gasteiger partial charge is 0.0794 e. The van der Waals surface area contributed by atoms with Crippen LogP contribution in [-0.2, 0) is 0 Å². The summed E-state index contributed by atoms with van der Waals surface area (Å²) in [5.41, 5.74) is -0.234. The number of aliphatic hydroxyl groups excluding tert-OH is 1. The Morgan fingerprint density at radius 3 is 2.11 bits per heavy atom. The lowest BCUT2D eigenvalue weighted by molar-refractivity contribution is 0.250. The van der Waals surface area contributed by atoms with Crippen LogP contribution in [0.1, 0.15) is 6.42 Å².